The zero-order chi connectivity index (χ0) is 48.7. The van der Waals surface area contributed by atoms with Crippen molar-refractivity contribution in [1.29, 1.82) is 0 Å². The van der Waals surface area contributed by atoms with Crippen LogP contribution in [0.3, 0.4) is 0 Å². The quantitative estimate of drug-likeness (QED) is 0.0371. The lowest BCUT2D eigenvalue weighted by molar-refractivity contribution is -0.120. The van der Waals surface area contributed by atoms with Crippen molar-refractivity contribution in [2.45, 2.75) is 120 Å². The van der Waals surface area contributed by atoms with Crippen LogP contribution in [-0.2, 0) is 31.5 Å². The van der Waals surface area contributed by atoms with Gasteiger partial charge in [0.05, 0.1) is 12.0 Å². The average molecular weight is 935 g/mol. The molecule has 3 aromatic rings. The summed E-state index contributed by atoms with van der Waals surface area (Å²) in [5.74, 6) is -2.16. The molecule has 0 spiro atoms. The number of rotatable bonds is 22. The molecule has 6 N–H and O–H groups in total. The van der Waals surface area contributed by atoms with E-state index in [0.29, 0.717) is 86.8 Å². The molecule has 0 radical (unpaired) electrons. The first kappa shape index (κ1) is 53.0. The molecule has 356 valence electrons. The number of carbonyl (C=O) groups excluding carboxylic acids is 1. The molecule has 3 aromatic carbocycles. The molecule has 0 saturated heterocycles. The van der Waals surface area contributed by atoms with E-state index in [1.54, 1.807) is 30.3 Å². The van der Waals surface area contributed by atoms with E-state index in [9.17, 15) is 40.6 Å². The van der Waals surface area contributed by atoms with Crippen molar-refractivity contribution in [1.82, 2.24) is 5.32 Å². The van der Waals surface area contributed by atoms with E-state index in [1.807, 2.05) is 66.7 Å². The molecule has 65 heavy (non-hydrogen) atoms. The molecule has 0 atom stereocenters. The van der Waals surface area contributed by atoms with Gasteiger partial charge in [-0.3, -0.25) is 13.9 Å². The predicted molar refractivity (Wildman–Crippen MR) is 262 cm³/mol. The Kier molecular flexibility index (Phi) is 17.8. The second kappa shape index (κ2) is 21.8. The largest absolute Gasteiger partial charge is 0.478 e. The number of fused-ring (bicyclic) bond motifs is 2. The van der Waals surface area contributed by atoms with Crippen LogP contribution in [0, 0.1) is 16.7 Å². The summed E-state index contributed by atoms with van der Waals surface area (Å²) in [6.07, 6.45) is 9.09. The molecule has 0 aromatic heterocycles. The van der Waals surface area contributed by atoms with Gasteiger partial charge in [-0.1, -0.05) is 112 Å². The number of carboxylic acid groups (broad SMARTS) is 1. The topological polar surface area (TPSA) is 210 Å². The summed E-state index contributed by atoms with van der Waals surface area (Å²) < 4.78 is 78.3. The maximum Gasteiger partial charge on any atom is 0.336 e. The van der Waals surface area contributed by atoms with Crippen LogP contribution >= 0.6 is 0 Å². The monoisotopic (exact) mass is 934 g/mol. The van der Waals surface area contributed by atoms with Crippen LogP contribution in [-0.4, -0.2) is 67.5 Å². The van der Waals surface area contributed by atoms with Crippen molar-refractivity contribution in [3.05, 3.63) is 104 Å². The molecular formula is C51H70N2O10S2. The molecule has 0 bridgehead atoms. The molecule has 12 nitrogen and oxygen atoms in total. The highest BCUT2D eigenvalue weighted by molar-refractivity contribution is 7.86. The van der Waals surface area contributed by atoms with Gasteiger partial charge < -0.3 is 20.9 Å². The summed E-state index contributed by atoms with van der Waals surface area (Å²) in [7, 11) is -9.11. The number of aromatic carboxylic acids is 1. The van der Waals surface area contributed by atoms with Gasteiger partial charge in [0.25, 0.3) is 20.2 Å². The summed E-state index contributed by atoms with van der Waals surface area (Å²) >= 11 is 0. The van der Waals surface area contributed by atoms with Crippen molar-refractivity contribution >= 4 is 55.4 Å². The summed E-state index contributed by atoms with van der Waals surface area (Å²) in [6, 6.07) is 11.8. The third-order valence-electron chi connectivity index (χ3n) is 12.3. The van der Waals surface area contributed by atoms with Gasteiger partial charge >= 0.3 is 5.97 Å². The van der Waals surface area contributed by atoms with E-state index >= 15 is 0 Å². The van der Waals surface area contributed by atoms with Crippen molar-refractivity contribution in [3.8, 4) is 11.5 Å². The summed E-state index contributed by atoms with van der Waals surface area (Å²) in [6.45, 7) is 23.3. The average Bonchev–Trinajstić information content (AvgIpc) is 3.18. The number of amides is 1. The number of benzene rings is 3. The minimum absolute atomic E-state index is 0.0634. The van der Waals surface area contributed by atoms with Crippen molar-refractivity contribution in [2.24, 2.45) is 22.5 Å². The molecule has 1 amide bonds. The lowest BCUT2D eigenvalue weighted by Crippen LogP contribution is -2.27. The van der Waals surface area contributed by atoms with Crippen molar-refractivity contribution in [2.75, 3.05) is 24.6 Å². The van der Waals surface area contributed by atoms with Crippen LogP contribution in [0.1, 0.15) is 157 Å². The molecule has 0 saturated carbocycles. The molecule has 4 rings (SSSR count). The van der Waals surface area contributed by atoms with Crippen LogP contribution < -0.4 is 26.2 Å². The number of hydrogen-bond donors (Lipinski definition) is 5. The Balaban J connectivity index is 2.22. The van der Waals surface area contributed by atoms with Gasteiger partial charge in [0.1, 0.15) is 23.0 Å². The number of ether oxygens (including phenoxy) is 1. The normalized spacial score (nSPS) is 13.8. The van der Waals surface area contributed by atoms with Gasteiger partial charge in [-0.2, -0.15) is 16.8 Å². The third kappa shape index (κ3) is 14.2. The van der Waals surface area contributed by atoms with E-state index in [4.69, 9.17) is 10.5 Å². The molecule has 1 aliphatic heterocycles. The first-order chi connectivity index (χ1) is 30.3. The third-order valence-corrected chi connectivity index (χ3v) is 13.6. The maximum absolute atomic E-state index is 13.4. The Hall–Kier alpha value is -4.60. The zero-order valence-corrected chi connectivity index (χ0v) is 41.3. The first-order valence-electron chi connectivity index (χ1n) is 22.7. The van der Waals surface area contributed by atoms with Crippen molar-refractivity contribution in [3.63, 3.8) is 0 Å². The summed E-state index contributed by atoms with van der Waals surface area (Å²) in [5, 5.41) is 14.6. The number of unbranched alkanes of at least 4 members (excludes halogenated alkanes) is 2. The first-order valence-corrected chi connectivity index (χ1v) is 25.9. The number of carboxylic acids is 1. The van der Waals surface area contributed by atoms with E-state index < -0.39 is 48.5 Å². The van der Waals surface area contributed by atoms with Crippen LogP contribution in [0.2, 0.25) is 0 Å². The van der Waals surface area contributed by atoms with Gasteiger partial charge in [-0.25, -0.2) is 4.79 Å². The van der Waals surface area contributed by atoms with E-state index in [-0.39, 0.29) is 35.3 Å². The summed E-state index contributed by atoms with van der Waals surface area (Å²) in [4.78, 5) is 26.4. The second-order valence-corrected chi connectivity index (χ2v) is 21.9. The maximum atomic E-state index is 13.4. The number of hydrogen-bond acceptors (Lipinski definition) is 8. The van der Waals surface area contributed by atoms with Crippen LogP contribution in [0.4, 0.5) is 0 Å². The Morgan fingerprint density at radius 3 is 1.92 bits per heavy atom. The van der Waals surface area contributed by atoms with E-state index in [0.717, 1.165) is 37.7 Å². The minimum Gasteiger partial charge on any atom is -0.478 e. The second-order valence-electron chi connectivity index (χ2n) is 19.0. The Morgan fingerprint density at radius 1 is 0.769 bits per heavy atom. The number of carbonyl (C=O) groups is 2. The van der Waals surface area contributed by atoms with Gasteiger partial charge in [-0.05, 0) is 129 Å². The molecule has 1 heterocycles. The van der Waals surface area contributed by atoms with Gasteiger partial charge in [0, 0.05) is 22.9 Å². The van der Waals surface area contributed by atoms with Crippen LogP contribution in [0.15, 0.2) is 54.6 Å². The lowest BCUT2D eigenvalue weighted by atomic mass is 9.74. The fraction of sp³-hybridized carbons (Fsp3) is 0.490. The Bertz CT molecular complexity index is 2650. The highest BCUT2D eigenvalue weighted by atomic mass is 32.2. The number of nitrogens with one attached hydrogen (secondary N) is 1. The molecule has 0 aliphatic carbocycles. The minimum atomic E-state index is -4.57. The van der Waals surface area contributed by atoms with E-state index in [2.05, 4.69) is 25.7 Å². The zero-order valence-electron chi connectivity index (χ0n) is 39.6. The van der Waals surface area contributed by atoms with Crippen LogP contribution in [0.25, 0.3) is 23.3 Å². The summed E-state index contributed by atoms with van der Waals surface area (Å²) in [5.41, 5.74) is 8.34. The van der Waals surface area contributed by atoms with Crippen LogP contribution in [0.5, 0.6) is 11.5 Å². The molecular weight excluding hydrogens is 865 g/mol. The van der Waals surface area contributed by atoms with Gasteiger partial charge in [0.2, 0.25) is 5.91 Å². The molecule has 1 aliphatic rings. The smallest absolute Gasteiger partial charge is 0.336 e. The van der Waals surface area contributed by atoms with Crippen molar-refractivity contribution < 1.29 is 45.4 Å². The van der Waals surface area contributed by atoms with E-state index in [1.165, 1.54) is 6.07 Å². The molecule has 14 heteroatoms. The fourth-order valence-electron chi connectivity index (χ4n) is 9.21. The molecule has 0 unspecified atom stereocenters. The number of allylic oxidation sites excluding steroid dienone is 2. The molecule has 0 fully saturated rings. The fourth-order valence-corrected chi connectivity index (χ4v) is 10.5. The predicted octanol–water partition coefficient (Wildman–Crippen LogP) is 8.89. The lowest BCUT2D eigenvalue weighted by Gasteiger charge is -2.31. The number of nitrogens with two attached hydrogens (primary N) is 1. The Morgan fingerprint density at radius 2 is 1.38 bits per heavy atom. The standard InChI is InChI=1S/C51H70N2O10S2/c1-11-34(12-2)41-27-46-44(26-40(41)35(28-50(6,7)8)30-64(57,58)59)48(38-19-18-33(23-42(38)49(55)56)24-47(54)53-21-17-15-16-20-52)43-25-39(32(5)22-45(43)63-46)36(31-65(60,61)62)29-51(9,10)37(13-3)14-4/h18-19,22-23,25-29,34,37H,5,11-17,20-21,24,30-31,52H2,1-4,6-10H3,(H,53,54)(H,55,56)(H,57,58,59)(H,60,61,62). The van der Waals surface area contributed by atoms with Gasteiger partial charge in [0.15, 0.2) is 0 Å². The Labute approximate surface area is 386 Å². The highest BCUT2D eigenvalue weighted by Crippen LogP contribution is 2.44. The highest BCUT2D eigenvalue weighted by Gasteiger charge is 2.31. The van der Waals surface area contributed by atoms with Gasteiger partial charge in [-0.15, -0.1) is 0 Å². The SMILES string of the molecule is C=c1cc2c(cc1C(=CC(C)(C)C(CC)CC)CS(=O)(=O)O)=C(c1ccc(CC(=O)NCCCCCN)cc1C(=O)O)c1cc(C(=CC(C)(C)C)CS(=O)(=O)O)c(C(CC)CC)cc1O2.